The van der Waals surface area contributed by atoms with Crippen LogP contribution >= 0.6 is 0 Å². The first-order valence-electron chi connectivity index (χ1n) is 5.44. The number of halogens is 3. The third kappa shape index (κ3) is 3.57. The van der Waals surface area contributed by atoms with Gasteiger partial charge in [-0.25, -0.2) is 4.98 Å². The number of anilines is 2. The average Bonchev–Trinajstić information content (AvgIpc) is 2.36. The number of aromatic nitrogens is 2. The van der Waals surface area contributed by atoms with Gasteiger partial charge in [0, 0.05) is 12.7 Å². The summed E-state index contributed by atoms with van der Waals surface area (Å²) in [6.45, 7) is 0.188. The lowest BCUT2D eigenvalue weighted by molar-refractivity contribution is -0.137. The Morgan fingerprint density at radius 3 is 2.68 bits per heavy atom. The molecule has 0 spiro atoms. The van der Waals surface area contributed by atoms with E-state index in [1.54, 1.807) is 6.07 Å². The van der Waals surface area contributed by atoms with E-state index in [1.165, 1.54) is 18.3 Å². The molecular weight excluding hydrogens is 257 g/mol. The molecule has 2 aromatic rings. The lowest BCUT2D eigenvalue weighted by Crippen LogP contribution is -2.08. The van der Waals surface area contributed by atoms with Crippen LogP contribution in [-0.4, -0.2) is 9.97 Å². The third-order valence-electron chi connectivity index (χ3n) is 2.38. The first-order valence-corrected chi connectivity index (χ1v) is 5.44. The molecule has 1 aromatic heterocycles. The summed E-state index contributed by atoms with van der Waals surface area (Å²) in [5.74, 6) is 0.568. The van der Waals surface area contributed by atoms with Gasteiger partial charge in [0.25, 0.3) is 0 Å². The van der Waals surface area contributed by atoms with Crippen molar-refractivity contribution in [1.29, 1.82) is 0 Å². The summed E-state index contributed by atoms with van der Waals surface area (Å²) in [6.07, 6.45) is -2.87. The number of hydrogen-bond donors (Lipinski definition) is 2. The van der Waals surface area contributed by atoms with E-state index in [-0.39, 0.29) is 12.5 Å². The van der Waals surface area contributed by atoms with Gasteiger partial charge in [-0.05, 0) is 23.8 Å². The van der Waals surface area contributed by atoms with Gasteiger partial charge in [-0.2, -0.15) is 18.2 Å². The molecule has 0 unspecified atom stereocenters. The Kier molecular flexibility index (Phi) is 3.55. The van der Waals surface area contributed by atoms with Crippen LogP contribution in [-0.2, 0) is 12.7 Å². The maximum Gasteiger partial charge on any atom is 0.416 e. The van der Waals surface area contributed by atoms with E-state index in [1.807, 2.05) is 0 Å². The average molecular weight is 268 g/mol. The standard InChI is InChI=1S/C12H11F3N4/c13-12(14,15)9-3-1-2-8(6-9)7-18-11-17-5-4-10(16)19-11/h1-6H,7H2,(H3,16,17,18,19). The zero-order valence-electron chi connectivity index (χ0n) is 9.78. The van der Waals surface area contributed by atoms with E-state index < -0.39 is 11.7 Å². The fraction of sp³-hybridized carbons (Fsp3) is 0.167. The summed E-state index contributed by atoms with van der Waals surface area (Å²) >= 11 is 0. The Morgan fingerprint density at radius 2 is 2.00 bits per heavy atom. The summed E-state index contributed by atoms with van der Waals surface area (Å²) in [4.78, 5) is 7.79. The van der Waals surface area contributed by atoms with Gasteiger partial charge in [-0.1, -0.05) is 12.1 Å². The predicted octanol–water partition coefficient (Wildman–Crippen LogP) is 2.69. The molecule has 3 N–H and O–H groups in total. The van der Waals surface area contributed by atoms with Gasteiger partial charge in [-0.15, -0.1) is 0 Å². The molecule has 0 aliphatic heterocycles. The van der Waals surface area contributed by atoms with Crippen LogP contribution in [0, 0.1) is 0 Å². The Morgan fingerprint density at radius 1 is 1.21 bits per heavy atom. The maximum atomic E-state index is 12.5. The molecule has 1 aromatic carbocycles. The fourth-order valence-electron chi connectivity index (χ4n) is 1.50. The van der Waals surface area contributed by atoms with Crippen molar-refractivity contribution < 1.29 is 13.2 Å². The molecular formula is C12H11F3N4. The van der Waals surface area contributed by atoms with Crippen molar-refractivity contribution in [3.8, 4) is 0 Å². The molecule has 0 bridgehead atoms. The van der Waals surface area contributed by atoms with Crippen LogP contribution in [0.5, 0.6) is 0 Å². The molecule has 2 rings (SSSR count). The molecule has 19 heavy (non-hydrogen) atoms. The van der Waals surface area contributed by atoms with Crippen LogP contribution < -0.4 is 11.1 Å². The van der Waals surface area contributed by atoms with Crippen molar-refractivity contribution in [3.05, 3.63) is 47.7 Å². The summed E-state index contributed by atoms with van der Waals surface area (Å²) in [6, 6.07) is 6.59. The van der Waals surface area contributed by atoms with E-state index in [4.69, 9.17) is 5.73 Å². The third-order valence-corrected chi connectivity index (χ3v) is 2.38. The number of benzene rings is 1. The number of hydrogen-bond acceptors (Lipinski definition) is 4. The second kappa shape index (κ2) is 5.13. The number of rotatable bonds is 3. The van der Waals surface area contributed by atoms with Crippen molar-refractivity contribution in [2.45, 2.75) is 12.7 Å². The highest BCUT2D eigenvalue weighted by Gasteiger charge is 2.30. The zero-order valence-corrected chi connectivity index (χ0v) is 9.78. The first-order chi connectivity index (χ1) is 8.95. The molecule has 0 atom stereocenters. The molecule has 0 saturated heterocycles. The van der Waals surface area contributed by atoms with Crippen LogP contribution in [0.2, 0.25) is 0 Å². The summed E-state index contributed by atoms with van der Waals surface area (Å²) in [5.41, 5.74) is 5.28. The van der Waals surface area contributed by atoms with Gasteiger partial charge in [0.05, 0.1) is 5.56 Å². The minimum Gasteiger partial charge on any atom is -0.384 e. The quantitative estimate of drug-likeness (QED) is 0.898. The number of nitrogens with zero attached hydrogens (tertiary/aromatic N) is 2. The summed E-state index contributed by atoms with van der Waals surface area (Å²) < 4.78 is 37.6. The highest BCUT2D eigenvalue weighted by Crippen LogP contribution is 2.29. The minimum atomic E-state index is -4.34. The molecule has 1 heterocycles. The van der Waals surface area contributed by atoms with E-state index in [9.17, 15) is 13.2 Å². The lowest BCUT2D eigenvalue weighted by Gasteiger charge is -2.09. The zero-order chi connectivity index (χ0) is 13.9. The lowest BCUT2D eigenvalue weighted by atomic mass is 10.1. The van der Waals surface area contributed by atoms with E-state index in [0.717, 1.165) is 12.1 Å². The molecule has 0 fully saturated rings. The minimum absolute atomic E-state index is 0.188. The van der Waals surface area contributed by atoms with Gasteiger partial charge >= 0.3 is 6.18 Å². The molecule has 100 valence electrons. The topological polar surface area (TPSA) is 63.8 Å². The predicted molar refractivity (Wildman–Crippen MR) is 65.2 cm³/mol. The normalized spacial score (nSPS) is 11.3. The Labute approximate surface area is 107 Å². The van der Waals surface area contributed by atoms with Crippen molar-refractivity contribution in [3.63, 3.8) is 0 Å². The van der Waals surface area contributed by atoms with Crippen LogP contribution in [0.3, 0.4) is 0 Å². The van der Waals surface area contributed by atoms with Crippen LogP contribution in [0.15, 0.2) is 36.5 Å². The largest absolute Gasteiger partial charge is 0.416 e. The van der Waals surface area contributed by atoms with Crippen LogP contribution in [0.25, 0.3) is 0 Å². The maximum absolute atomic E-state index is 12.5. The molecule has 0 aliphatic carbocycles. The SMILES string of the molecule is Nc1ccnc(NCc2cccc(C(F)(F)F)c2)n1. The van der Waals surface area contributed by atoms with Gasteiger partial charge in [0.1, 0.15) is 5.82 Å². The number of nitrogen functional groups attached to an aromatic ring is 1. The second-order valence-electron chi connectivity index (χ2n) is 3.86. The highest BCUT2D eigenvalue weighted by molar-refractivity contribution is 5.36. The molecule has 7 heteroatoms. The Bertz CT molecular complexity index is 569. The van der Waals surface area contributed by atoms with Crippen molar-refractivity contribution >= 4 is 11.8 Å². The van der Waals surface area contributed by atoms with Crippen molar-refractivity contribution in [1.82, 2.24) is 9.97 Å². The Hall–Kier alpha value is -2.31. The first kappa shape index (κ1) is 13.1. The number of alkyl halides is 3. The van der Waals surface area contributed by atoms with Gasteiger partial charge in [0.15, 0.2) is 0 Å². The van der Waals surface area contributed by atoms with E-state index >= 15 is 0 Å². The summed E-state index contributed by atoms with van der Waals surface area (Å²) in [7, 11) is 0. The second-order valence-corrected chi connectivity index (χ2v) is 3.86. The van der Waals surface area contributed by atoms with Gasteiger partial charge in [-0.3, -0.25) is 0 Å². The summed E-state index contributed by atoms with van der Waals surface area (Å²) in [5, 5.41) is 2.81. The van der Waals surface area contributed by atoms with Gasteiger partial charge in [0.2, 0.25) is 5.95 Å². The van der Waals surface area contributed by atoms with Crippen LogP contribution in [0.1, 0.15) is 11.1 Å². The van der Waals surface area contributed by atoms with Crippen molar-refractivity contribution in [2.24, 2.45) is 0 Å². The monoisotopic (exact) mass is 268 g/mol. The van der Waals surface area contributed by atoms with Crippen molar-refractivity contribution in [2.75, 3.05) is 11.1 Å². The highest BCUT2D eigenvalue weighted by atomic mass is 19.4. The molecule has 0 saturated carbocycles. The van der Waals surface area contributed by atoms with E-state index in [2.05, 4.69) is 15.3 Å². The van der Waals surface area contributed by atoms with Gasteiger partial charge < -0.3 is 11.1 Å². The molecule has 0 radical (unpaired) electrons. The Balaban J connectivity index is 2.08. The number of nitrogens with one attached hydrogen (secondary N) is 1. The van der Waals surface area contributed by atoms with Crippen LogP contribution in [0.4, 0.5) is 24.9 Å². The number of nitrogens with two attached hydrogens (primary N) is 1. The smallest absolute Gasteiger partial charge is 0.384 e. The fourth-order valence-corrected chi connectivity index (χ4v) is 1.50. The van der Waals surface area contributed by atoms with E-state index in [0.29, 0.717) is 11.4 Å². The molecule has 0 aliphatic rings. The molecule has 0 amide bonds. The molecule has 4 nitrogen and oxygen atoms in total.